The molecule has 2 atom stereocenters. The van der Waals surface area contributed by atoms with Crippen LogP contribution >= 0.6 is 0 Å². The van der Waals surface area contributed by atoms with E-state index in [1.807, 2.05) is 0 Å². The van der Waals surface area contributed by atoms with Gasteiger partial charge in [-0.15, -0.1) is 0 Å². The van der Waals surface area contributed by atoms with Gasteiger partial charge in [-0.3, -0.25) is 24.7 Å². The Labute approximate surface area is 143 Å². The number of amides is 2. The van der Waals surface area contributed by atoms with Gasteiger partial charge in [0.2, 0.25) is 11.9 Å². The van der Waals surface area contributed by atoms with Gasteiger partial charge < -0.3 is 10.6 Å². The fourth-order valence-electron chi connectivity index (χ4n) is 2.43. The summed E-state index contributed by atoms with van der Waals surface area (Å²) in [5.74, 6) is -1.09. The van der Waals surface area contributed by atoms with E-state index in [1.54, 1.807) is 48.8 Å². The molecule has 1 aliphatic rings. The molecule has 8 heteroatoms. The van der Waals surface area contributed by atoms with Crippen LogP contribution in [0.5, 0.6) is 0 Å². The van der Waals surface area contributed by atoms with Crippen molar-refractivity contribution in [2.24, 2.45) is 5.92 Å². The minimum absolute atomic E-state index is 0.254. The zero-order chi connectivity index (χ0) is 17.8. The van der Waals surface area contributed by atoms with Gasteiger partial charge in [-0.25, -0.2) is 0 Å². The van der Waals surface area contributed by atoms with Crippen LogP contribution in [0.4, 0.5) is 5.69 Å². The summed E-state index contributed by atoms with van der Waals surface area (Å²) in [6, 6.07) is 9.50. The van der Waals surface area contributed by atoms with Gasteiger partial charge in [0.15, 0.2) is 0 Å². The summed E-state index contributed by atoms with van der Waals surface area (Å²) in [4.78, 5) is 38.0. The van der Waals surface area contributed by atoms with Crippen molar-refractivity contribution in [1.29, 1.82) is 0 Å². The Bertz CT molecular complexity index is 792. The molecule has 1 aromatic heterocycles. The van der Waals surface area contributed by atoms with Crippen LogP contribution in [-0.4, -0.2) is 27.8 Å². The van der Waals surface area contributed by atoms with Gasteiger partial charge in [-0.2, -0.15) is 0 Å². The molecule has 0 bridgehead atoms. The van der Waals surface area contributed by atoms with Crippen molar-refractivity contribution in [3.63, 3.8) is 0 Å². The van der Waals surface area contributed by atoms with Crippen LogP contribution in [0.3, 0.4) is 0 Å². The molecule has 0 radical (unpaired) electrons. The number of carbonyl (C=O) groups is 2. The minimum atomic E-state index is -0.751. The quantitative estimate of drug-likeness (QED) is 0.612. The first-order chi connectivity index (χ1) is 12.0. The molecule has 0 aliphatic heterocycles. The molecule has 128 valence electrons. The Morgan fingerprint density at radius 1 is 1.24 bits per heavy atom. The zero-order valence-electron chi connectivity index (χ0n) is 13.2. The van der Waals surface area contributed by atoms with Gasteiger partial charge in [-0.1, -0.05) is 12.1 Å². The Hall–Kier alpha value is -3.29. The molecule has 0 spiro atoms. The molecular formula is C17H16N4O4. The summed E-state index contributed by atoms with van der Waals surface area (Å²) < 4.78 is 0. The third-order valence-corrected chi connectivity index (χ3v) is 3.97. The van der Waals surface area contributed by atoms with Crippen molar-refractivity contribution in [2.45, 2.75) is 19.0 Å². The van der Waals surface area contributed by atoms with Crippen molar-refractivity contribution >= 4 is 17.5 Å². The lowest BCUT2D eigenvalue weighted by Gasteiger charge is -2.07. The number of anilines is 1. The first kappa shape index (κ1) is 16.6. The molecule has 2 amide bonds. The van der Waals surface area contributed by atoms with Crippen LogP contribution in [0, 0.1) is 16.0 Å². The van der Waals surface area contributed by atoms with Crippen molar-refractivity contribution in [1.82, 2.24) is 10.3 Å². The molecule has 2 aromatic rings. The number of rotatable bonds is 6. The highest BCUT2D eigenvalue weighted by Gasteiger charge is 2.53. The van der Waals surface area contributed by atoms with Gasteiger partial charge in [0.1, 0.15) is 5.92 Å². The largest absolute Gasteiger partial charge is 0.352 e. The SMILES string of the molecule is O=C(Nc1cccnc1)c1ccc(CNC(=O)[C@@H]2C[C@H]2[N+](=O)[O-])cc1. The van der Waals surface area contributed by atoms with E-state index in [0.29, 0.717) is 17.7 Å². The van der Waals surface area contributed by atoms with Gasteiger partial charge in [0.05, 0.1) is 11.9 Å². The molecule has 1 heterocycles. The third-order valence-electron chi connectivity index (χ3n) is 3.97. The predicted octanol–water partition coefficient (Wildman–Crippen LogP) is 1.62. The maximum Gasteiger partial charge on any atom is 0.255 e. The Kier molecular flexibility index (Phi) is 4.69. The molecule has 3 rings (SSSR count). The molecule has 0 saturated heterocycles. The number of benzene rings is 1. The van der Waals surface area contributed by atoms with E-state index in [-0.39, 0.29) is 18.4 Å². The number of nitrogens with zero attached hydrogens (tertiary/aromatic N) is 2. The highest BCUT2D eigenvalue weighted by molar-refractivity contribution is 6.04. The summed E-state index contributed by atoms with van der Waals surface area (Å²) >= 11 is 0. The summed E-state index contributed by atoms with van der Waals surface area (Å²) in [5.41, 5.74) is 1.90. The van der Waals surface area contributed by atoms with Crippen molar-refractivity contribution in [3.05, 3.63) is 70.0 Å². The second-order valence-corrected chi connectivity index (χ2v) is 5.81. The number of pyridine rings is 1. The summed E-state index contributed by atoms with van der Waals surface area (Å²) in [6.07, 6.45) is 3.47. The number of hydrogen-bond acceptors (Lipinski definition) is 5. The highest BCUT2D eigenvalue weighted by atomic mass is 16.6. The van der Waals surface area contributed by atoms with Gasteiger partial charge >= 0.3 is 0 Å². The molecule has 1 saturated carbocycles. The average Bonchev–Trinajstić information content (AvgIpc) is 3.42. The molecule has 1 fully saturated rings. The highest BCUT2D eigenvalue weighted by Crippen LogP contribution is 2.33. The molecule has 2 N–H and O–H groups in total. The van der Waals surface area contributed by atoms with Crippen LogP contribution in [0.1, 0.15) is 22.3 Å². The van der Waals surface area contributed by atoms with Crippen molar-refractivity contribution in [2.75, 3.05) is 5.32 Å². The van der Waals surface area contributed by atoms with E-state index in [0.717, 1.165) is 5.56 Å². The lowest BCUT2D eigenvalue weighted by molar-refractivity contribution is -0.497. The zero-order valence-corrected chi connectivity index (χ0v) is 13.2. The standard InChI is InChI=1S/C17H16N4O4/c22-16(20-13-2-1-7-18-10-13)12-5-3-11(4-6-12)9-19-17(23)14-8-15(14)21(24)25/h1-7,10,14-15H,8-9H2,(H,19,23)(H,20,22)/t14-,15-/m1/s1. The van der Waals surface area contributed by atoms with E-state index in [2.05, 4.69) is 15.6 Å². The molecule has 8 nitrogen and oxygen atoms in total. The normalized spacial score (nSPS) is 18.2. The second-order valence-electron chi connectivity index (χ2n) is 5.81. The first-order valence-electron chi connectivity index (χ1n) is 7.76. The molecule has 1 aromatic carbocycles. The minimum Gasteiger partial charge on any atom is -0.352 e. The molecular weight excluding hydrogens is 324 g/mol. The van der Waals surface area contributed by atoms with Crippen molar-refractivity contribution < 1.29 is 14.5 Å². The maximum absolute atomic E-state index is 12.1. The predicted molar refractivity (Wildman–Crippen MR) is 89.4 cm³/mol. The monoisotopic (exact) mass is 340 g/mol. The Morgan fingerprint density at radius 2 is 2.00 bits per heavy atom. The first-order valence-corrected chi connectivity index (χ1v) is 7.76. The van der Waals surface area contributed by atoms with Gasteiger partial charge in [0.25, 0.3) is 5.91 Å². The Balaban J connectivity index is 1.51. The number of hydrogen-bond donors (Lipinski definition) is 2. The van der Waals surface area contributed by atoms with E-state index >= 15 is 0 Å². The van der Waals surface area contributed by atoms with Crippen LogP contribution in [0.15, 0.2) is 48.8 Å². The van der Waals surface area contributed by atoms with Gasteiger partial charge in [-0.05, 0) is 29.8 Å². The van der Waals surface area contributed by atoms with E-state index in [9.17, 15) is 19.7 Å². The molecule has 0 unspecified atom stereocenters. The smallest absolute Gasteiger partial charge is 0.255 e. The summed E-state index contributed by atoms with van der Waals surface area (Å²) in [5, 5.41) is 16.0. The fraction of sp³-hybridized carbons (Fsp3) is 0.235. The lowest BCUT2D eigenvalue weighted by atomic mass is 10.1. The topological polar surface area (TPSA) is 114 Å². The van der Waals surface area contributed by atoms with E-state index < -0.39 is 16.9 Å². The number of nitrogens with one attached hydrogen (secondary N) is 2. The van der Waals surface area contributed by atoms with Crippen LogP contribution in [0.2, 0.25) is 0 Å². The Morgan fingerprint density at radius 3 is 2.60 bits per heavy atom. The number of carbonyl (C=O) groups excluding carboxylic acids is 2. The van der Waals surface area contributed by atoms with Crippen LogP contribution in [0.25, 0.3) is 0 Å². The van der Waals surface area contributed by atoms with Crippen molar-refractivity contribution in [3.8, 4) is 0 Å². The third kappa shape index (κ3) is 4.17. The van der Waals surface area contributed by atoms with Crippen LogP contribution in [-0.2, 0) is 11.3 Å². The average molecular weight is 340 g/mol. The van der Waals surface area contributed by atoms with Gasteiger partial charge in [0, 0.05) is 29.6 Å². The lowest BCUT2D eigenvalue weighted by Crippen LogP contribution is -2.26. The fourth-order valence-corrected chi connectivity index (χ4v) is 2.43. The van der Waals surface area contributed by atoms with E-state index in [4.69, 9.17) is 0 Å². The number of aromatic nitrogens is 1. The molecule has 25 heavy (non-hydrogen) atoms. The maximum atomic E-state index is 12.1. The second kappa shape index (κ2) is 7.08. The summed E-state index contributed by atoms with van der Waals surface area (Å²) in [6.45, 7) is 0.268. The molecule has 1 aliphatic carbocycles. The van der Waals surface area contributed by atoms with Crippen LogP contribution < -0.4 is 10.6 Å². The number of nitro groups is 1. The summed E-state index contributed by atoms with van der Waals surface area (Å²) in [7, 11) is 0. The van der Waals surface area contributed by atoms with E-state index in [1.165, 1.54) is 0 Å².